The van der Waals surface area contributed by atoms with E-state index in [2.05, 4.69) is 21.1 Å². The number of carbonyl (C=O) groups excluding carboxylic acids is 4. The van der Waals surface area contributed by atoms with Gasteiger partial charge in [0.25, 0.3) is 5.91 Å². The fourth-order valence-electron chi connectivity index (χ4n) is 2.80. The molecule has 0 radical (unpaired) electrons. The van der Waals surface area contributed by atoms with Gasteiger partial charge in [0.05, 0.1) is 11.5 Å². The van der Waals surface area contributed by atoms with Gasteiger partial charge in [0.15, 0.2) is 11.9 Å². The van der Waals surface area contributed by atoms with Crippen molar-refractivity contribution in [3.63, 3.8) is 0 Å². The van der Waals surface area contributed by atoms with Gasteiger partial charge in [-0.1, -0.05) is 24.4 Å². The van der Waals surface area contributed by atoms with Gasteiger partial charge >= 0.3 is 12.0 Å². The Morgan fingerprint density at radius 2 is 1.97 bits per heavy atom. The highest BCUT2D eigenvalue weighted by Crippen LogP contribution is 2.17. The van der Waals surface area contributed by atoms with Gasteiger partial charge in [-0.3, -0.25) is 19.7 Å². The Labute approximate surface area is 172 Å². The summed E-state index contributed by atoms with van der Waals surface area (Å²) < 4.78 is 9.83. The van der Waals surface area contributed by atoms with Crippen molar-refractivity contribution in [3.05, 3.63) is 11.8 Å². The van der Waals surface area contributed by atoms with E-state index in [1.807, 2.05) is 0 Å². The molecule has 29 heavy (non-hydrogen) atoms. The van der Waals surface area contributed by atoms with Crippen LogP contribution in [0.3, 0.4) is 0 Å². The number of hydrogen-bond acceptors (Lipinski definition) is 8. The molecule has 1 aromatic heterocycles. The van der Waals surface area contributed by atoms with Crippen LogP contribution in [0.5, 0.6) is 0 Å². The highest BCUT2D eigenvalue weighted by Gasteiger charge is 2.22. The molecule has 1 fully saturated rings. The van der Waals surface area contributed by atoms with Crippen molar-refractivity contribution in [2.45, 2.75) is 58.1 Å². The molecular weight excluding hydrogens is 400 g/mol. The lowest BCUT2D eigenvalue weighted by Crippen LogP contribution is -2.48. The number of imide groups is 1. The Bertz CT molecular complexity index is 732. The number of rotatable bonds is 8. The summed E-state index contributed by atoms with van der Waals surface area (Å²) in [6.45, 7) is 3.08. The lowest BCUT2D eigenvalue weighted by Gasteiger charge is -2.23. The van der Waals surface area contributed by atoms with E-state index in [0.717, 1.165) is 43.9 Å². The summed E-state index contributed by atoms with van der Waals surface area (Å²) >= 11 is 1.03. The number of thioether (sulfide) groups is 1. The molecule has 1 saturated carbocycles. The third-order valence-electron chi connectivity index (χ3n) is 4.20. The number of nitrogens with one attached hydrogen (secondary N) is 3. The van der Waals surface area contributed by atoms with Gasteiger partial charge in [-0.05, 0) is 26.7 Å². The van der Waals surface area contributed by atoms with Crippen LogP contribution in [0.2, 0.25) is 0 Å². The highest BCUT2D eigenvalue weighted by atomic mass is 32.2. The Morgan fingerprint density at radius 1 is 1.24 bits per heavy atom. The fraction of sp³-hybridized carbons (Fsp3) is 0.611. The van der Waals surface area contributed by atoms with Crippen LogP contribution in [0.25, 0.3) is 0 Å². The number of hydrogen-bond donors (Lipinski definition) is 3. The minimum atomic E-state index is -1.12. The van der Waals surface area contributed by atoms with Crippen LogP contribution in [0.4, 0.5) is 10.6 Å². The molecule has 2 rings (SSSR count). The van der Waals surface area contributed by atoms with E-state index < -0.39 is 24.0 Å². The molecule has 0 saturated heterocycles. The molecule has 1 aliphatic carbocycles. The molecule has 1 atom stereocenters. The normalized spacial score (nSPS) is 15.2. The first kappa shape index (κ1) is 22.7. The molecule has 0 bridgehead atoms. The molecule has 1 heterocycles. The van der Waals surface area contributed by atoms with Gasteiger partial charge in [-0.25, -0.2) is 4.79 Å². The topological polar surface area (TPSA) is 140 Å². The summed E-state index contributed by atoms with van der Waals surface area (Å²) in [6, 6.07) is 1.05. The van der Waals surface area contributed by atoms with E-state index in [4.69, 9.17) is 9.26 Å². The Morgan fingerprint density at radius 3 is 2.62 bits per heavy atom. The van der Waals surface area contributed by atoms with Crippen LogP contribution in [0, 0.1) is 6.92 Å². The van der Waals surface area contributed by atoms with Gasteiger partial charge in [-0.15, -0.1) is 11.8 Å². The first-order chi connectivity index (χ1) is 13.8. The maximum atomic E-state index is 12.0. The van der Waals surface area contributed by atoms with E-state index >= 15 is 0 Å². The minimum Gasteiger partial charge on any atom is -0.452 e. The van der Waals surface area contributed by atoms with E-state index in [1.165, 1.54) is 6.92 Å². The number of aromatic nitrogens is 1. The summed E-state index contributed by atoms with van der Waals surface area (Å²) in [4.78, 5) is 47.4. The van der Waals surface area contributed by atoms with Gasteiger partial charge < -0.3 is 19.9 Å². The zero-order valence-electron chi connectivity index (χ0n) is 16.5. The summed E-state index contributed by atoms with van der Waals surface area (Å²) in [5.74, 6) is -0.945. The molecule has 3 N–H and O–H groups in total. The quantitative estimate of drug-likeness (QED) is 0.534. The number of urea groups is 1. The molecule has 0 unspecified atom stereocenters. The number of amides is 4. The lowest BCUT2D eigenvalue weighted by molar-refractivity contribution is -0.151. The monoisotopic (exact) mass is 426 g/mol. The first-order valence-corrected chi connectivity index (χ1v) is 10.6. The van der Waals surface area contributed by atoms with Crippen LogP contribution in [-0.2, 0) is 19.1 Å². The van der Waals surface area contributed by atoms with Crippen molar-refractivity contribution in [1.29, 1.82) is 0 Å². The van der Waals surface area contributed by atoms with Gasteiger partial charge in [0.2, 0.25) is 5.91 Å². The molecule has 11 heteroatoms. The number of nitrogens with zero attached hydrogens (tertiary/aromatic N) is 1. The van der Waals surface area contributed by atoms with Crippen molar-refractivity contribution >= 4 is 41.4 Å². The SMILES string of the molecule is Cc1cc(NC(=O)CSCC(=O)O[C@H](C)C(=O)NC(=O)NC2CCCCC2)no1. The van der Waals surface area contributed by atoms with Crippen molar-refractivity contribution in [2.24, 2.45) is 0 Å². The van der Waals surface area contributed by atoms with Crippen LogP contribution in [0.1, 0.15) is 44.8 Å². The van der Waals surface area contributed by atoms with Crippen molar-refractivity contribution in [3.8, 4) is 0 Å². The Kier molecular flexibility index (Phi) is 8.97. The Hall–Kier alpha value is -2.56. The van der Waals surface area contributed by atoms with E-state index in [-0.39, 0.29) is 23.5 Å². The van der Waals surface area contributed by atoms with E-state index in [9.17, 15) is 19.2 Å². The number of anilines is 1. The summed E-state index contributed by atoms with van der Waals surface area (Å²) in [6.07, 6.45) is 3.94. The molecular formula is C18H26N4O6S. The molecule has 4 amide bonds. The number of carbonyl (C=O) groups is 4. The molecule has 0 aromatic carbocycles. The third kappa shape index (κ3) is 8.55. The van der Waals surface area contributed by atoms with Gasteiger partial charge in [0.1, 0.15) is 5.76 Å². The Balaban J connectivity index is 1.61. The van der Waals surface area contributed by atoms with E-state index in [1.54, 1.807) is 13.0 Å². The summed E-state index contributed by atoms with van der Waals surface area (Å²) in [5, 5.41) is 11.1. The predicted molar refractivity (Wildman–Crippen MR) is 106 cm³/mol. The number of aryl methyl sites for hydroxylation is 1. The zero-order chi connectivity index (χ0) is 21.2. The van der Waals surface area contributed by atoms with Gasteiger partial charge in [-0.2, -0.15) is 0 Å². The molecule has 0 aliphatic heterocycles. The molecule has 0 spiro atoms. The van der Waals surface area contributed by atoms with Gasteiger partial charge in [0, 0.05) is 12.1 Å². The highest BCUT2D eigenvalue weighted by molar-refractivity contribution is 8.00. The van der Waals surface area contributed by atoms with Crippen LogP contribution in [-0.4, -0.2) is 52.6 Å². The third-order valence-corrected chi connectivity index (χ3v) is 5.11. The van der Waals surface area contributed by atoms with E-state index in [0.29, 0.717) is 11.6 Å². The molecule has 1 aromatic rings. The number of esters is 1. The summed E-state index contributed by atoms with van der Waals surface area (Å²) in [5.41, 5.74) is 0. The largest absolute Gasteiger partial charge is 0.452 e. The average Bonchev–Trinajstić information content (AvgIpc) is 3.06. The second kappa shape index (κ2) is 11.4. The van der Waals surface area contributed by atoms with Crippen molar-refractivity contribution < 1.29 is 28.4 Å². The molecule has 10 nitrogen and oxygen atoms in total. The van der Waals surface area contributed by atoms with Crippen LogP contribution < -0.4 is 16.0 Å². The minimum absolute atomic E-state index is 0.00534. The lowest BCUT2D eigenvalue weighted by atomic mass is 9.96. The maximum Gasteiger partial charge on any atom is 0.321 e. The first-order valence-electron chi connectivity index (χ1n) is 9.45. The zero-order valence-corrected chi connectivity index (χ0v) is 17.3. The standard InChI is InChI=1S/C18H26N4O6S/c1-11-8-14(22-28-11)20-15(23)9-29-10-16(24)27-12(2)17(25)21-18(26)19-13-6-4-3-5-7-13/h8,12-13H,3-7,9-10H2,1-2H3,(H,20,22,23)(H2,19,21,25,26)/t12-/m1/s1. The maximum absolute atomic E-state index is 12.0. The second-order valence-electron chi connectivity index (χ2n) is 6.79. The molecule has 1 aliphatic rings. The number of ether oxygens (including phenoxy) is 1. The van der Waals surface area contributed by atoms with Crippen LogP contribution in [0.15, 0.2) is 10.6 Å². The van der Waals surface area contributed by atoms with Crippen molar-refractivity contribution in [1.82, 2.24) is 15.8 Å². The predicted octanol–water partition coefficient (Wildman–Crippen LogP) is 1.74. The van der Waals surface area contributed by atoms with Crippen molar-refractivity contribution in [2.75, 3.05) is 16.8 Å². The van der Waals surface area contributed by atoms with Crippen LogP contribution >= 0.6 is 11.8 Å². The fourth-order valence-corrected chi connectivity index (χ4v) is 3.39. The average molecular weight is 426 g/mol. The summed E-state index contributed by atoms with van der Waals surface area (Å²) in [7, 11) is 0. The second-order valence-corrected chi connectivity index (χ2v) is 7.78. The molecule has 160 valence electrons. The smallest absolute Gasteiger partial charge is 0.321 e.